The number of nitrogens with zero attached hydrogens (tertiary/aromatic N) is 2. The van der Waals surface area contributed by atoms with Gasteiger partial charge in [-0.15, -0.1) is 0 Å². The molecule has 6 nitrogen and oxygen atoms in total. The number of sulfonamides is 1. The van der Waals surface area contributed by atoms with Gasteiger partial charge in [0, 0.05) is 26.2 Å². The van der Waals surface area contributed by atoms with Gasteiger partial charge < -0.3 is 5.32 Å². The number of hydrogen-bond donors (Lipinski definition) is 1. The monoisotopic (exact) mass is 459 g/mol. The van der Waals surface area contributed by atoms with Crippen molar-refractivity contribution in [2.45, 2.75) is 17.9 Å². The van der Waals surface area contributed by atoms with E-state index in [0.29, 0.717) is 23.8 Å². The van der Waals surface area contributed by atoms with Gasteiger partial charge in [-0.25, -0.2) is 12.8 Å². The summed E-state index contributed by atoms with van der Waals surface area (Å²) in [5, 5.41) is 3.34. The van der Waals surface area contributed by atoms with Crippen LogP contribution in [0.5, 0.6) is 0 Å². The van der Waals surface area contributed by atoms with E-state index < -0.39 is 21.9 Å². The molecular weight excluding hydrogens is 440 g/mol. The molecule has 1 amide bonds. The fraction of sp³-hybridized carbons (Fsp3) is 0.316. The van der Waals surface area contributed by atoms with Gasteiger partial charge in [0.1, 0.15) is 10.7 Å². The Morgan fingerprint density at radius 3 is 2.38 bits per heavy atom. The number of rotatable bonds is 5. The predicted molar refractivity (Wildman–Crippen MR) is 111 cm³/mol. The van der Waals surface area contributed by atoms with Gasteiger partial charge in [0.25, 0.3) is 0 Å². The van der Waals surface area contributed by atoms with E-state index >= 15 is 0 Å². The van der Waals surface area contributed by atoms with Gasteiger partial charge in [-0.3, -0.25) is 9.69 Å². The molecule has 0 saturated carbocycles. The highest BCUT2D eigenvalue weighted by molar-refractivity contribution is 7.89. The molecule has 0 aromatic heterocycles. The molecule has 1 fully saturated rings. The molecule has 1 unspecified atom stereocenters. The average Bonchev–Trinajstić information content (AvgIpc) is 2.71. The number of carbonyl (C=O) groups is 1. The molecule has 1 N–H and O–H groups in total. The topological polar surface area (TPSA) is 69.7 Å². The second-order valence-corrected chi connectivity index (χ2v) is 9.33. The van der Waals surface area contributed by atoms with Crippen molar-refractivity contribution in [2.24, 2.45) is 0 Å². The zero-order chi connectivity index (χ0) is 21.2. The smallest absolute Gasteiger partial charge is 0.246 e. The van der Waals surface area contributed by atoms with Gasteiger partial charge in [-0.1, -0.05) is 41.4 Å². The highest BCUT2D eigenvalue weighted by atomic mass is 35.5. The summed E-state index contributed by atoms with van der Waals surface area (Å²) >= 11 is 12.1. The lowest BCUT2D eigenvalue weighted by Crippen LogP contribution is -2.54. The first-order valence-corrected chi connectivity index (χ1v) is 11.1. The van der Waals surface area contributed by atoms with Crippen molar-refractivity contribution < 1.29 is 17.6 Å². The molecule has 0 spiro atoms. The van der Waals surface area contributed by atoms with Crippen molar-refractivity contribution in [3.63, 3.8) is 0 Å². The van der Waals surface area contributed by atoms with E-state index in [1.54, 1.807) is 25.1 Å². The zero-order valence-corrected chi connectivity index (χ0v) is 17.9. The minimum absolute atomic E-state index is 0.159. The number of hydrogen-bond acceptors (Lipinski definition) is 4. The van der Waals surface area contributed by atoms with E-state index in [0.717, 1.165) is 6.07 Å². The van der Waals surface area contributed by atoms with Crippen molar-refractivity contribution in [1.82, 2.24) is 9.21 Å². The summed E-state index contributed by atoms with van der Waals surface area (Å²) in [6.45, 7) is 2.73. The summed E-state index contributed by atoms with van der Waals surface area (Å²) < 4.78 is 40.5. The number of anilines is 1. The van der Waals surface area contributed by atoms with Gasteiger partial charge in [0.05, 0.1) is 21.8 Å². The Bertz CT molecular complexity index is 1010. The van der Waals surface area contributed by atoms with Crippen LogP contribution in [-0.4, -0.2) is 55.8 Å². The van der Waals surface area contributed by atoms with Crippen molar-refractivity contribution in [3.05, 3.63) is 58.3 Å². The third-order valence-electron chi connectivity index (χ3n) is 4.86. The maximum absolute atomic E-state index is 13.9. The molecular formula is C19H20Cl2FN3O3S. The second-order valence-electron chi connectivity index (χ2n) is 6.64. The number of carbonyl (C=O) groups excluding carboxylic acids is 1. The predicted octanol–water partition coefficient (Wildman–Crippen LogP) is 3.47. The minimum atomic E-state index is -3.92. The molecule has 3 rings (SSSR count). The molecule has 2 aromatic rings. The van der Waals surface area contributed by atoms with Crippen molar-refractivity contribution >= 4 is 44.8 Å². The van der Waals surface area contributed by atoms with E-state index in [-0.39, 0.29) is 28.9 Å². The highest BCUT2D eigenvalue weighted by Crippen LogP contribution is 2.30. The van der Waals surface area contributed by atoms with Crippen LogP contribution in [0.25, 0.3) is 0 Å². The summed E-state index contributed by atoms with van der Waals surface area (Å²) in [6.07, 6.45) is 0. The summed E-state index contributed by atoms with van der Waals surface area (Å²) in [5.74, 6) is -1.05. The molecule has 1 saturated heterocycles. The van der Waals surface area contributed by atoms with Gasteiger partial charge in [0.2, 0.25) is 15.9 Å². The zero-order valence-electron chi connectivity index (χ0n) is 15.6. The number of amides is 1. The number of nitrogens with one attached hydrogen (secondary N) is 1. The molecule has 0 aliphatic carbocycles. The third kappa shape index (κ3) is 4.73. The molecule has 1 heterocycles. The molecule has 0 bridgehead atoms. The van der Waals surface area contributed by atoms with Crippen LogP contribution >= 0.6 is 23.2 Å². The normalized spacial score (nSPS) is 17.1. The highest BCUT2D eigenvalue weighted by Gasteiger charge is 2.33. The Hall–Kier alpha value is -1.71. The van der Waals surface area contributed by atoms with Gasteiger partial charge in [-0.05, 0) is 31.2 Å². The quantitative estimate of drug-likeness (QED) is 0.742. The SMILES string of the molecule is CC(C(=O)Nc1cccc(Cl)c1Cl)N1CCN(S(=O)(=O)c2ccccc2F)CC1. The Kier molecular flexibility index (Phi) is 6.80. The molecule has 1 aliphatic rings. The first-order valence-electron chi connectivity index (χ1n) is 8.95. The van der Waals surface area contributed by atoms with E-state index in [1.807, 2.05) is 4.90 Å². The minimum Gasteiger partial charge on any atom is -0.323 e. The van der Waals surface area contributed by atoms with Crippen LogP contribution < -0.4 is 5.32 Å². The number of benzene rings is 2. The lowest BCUT2D eigenvalue weighted by molar-refractivity contribution is -0.121. The summed E-state index contributed by atoms with van der Waals surface area (Å²) in [7, 11) is -3.92. The largest absolute Gasteiger partial charge is 0.323 e. The molecule has 0 radical (unpaired) electrons. The molecule has 29 heavy (non-hydrogen) atoms. The van der Waals surface area contributed by atoms with Crippen LogP contribution in [0.3, 0.4) is 0 Å². The Morgan fingerprint density at radius 1 is 1.07 bits per heavy atom. The van der Waals surface area contributed by atoms with Crippen molar-refractivity contribution in [1.29, 1.82) is 0 Å². The van der Waals surface area contributed by atoms with Gasteiger partial charge in [-0.2, -0.15) is 4.31 Å². The summed E-state index contributed by atoms with van der Waals surface area (Å²) in [5.41, 5.74) is 0.414. The second kappa shape index (κ2) is 8.97. The standard InChI is InChI=1S/C19H20Cl2FN3O3S/c1-13(19(26)23-16-7-4-5-14(20)18(16)21)24-9-11-25(12-10-24)29(27,28)17-8-3-2-6-15(17)22/h2-8,13H,9-12H2,1H3,(H,23,26). The van der Waals surface area contributed by atoms with Crippen LogP contribution in [0.2, 0.25) is 10.0 Å². The lowest BCUT2D eigenvalue weighted by atomic mass is 10.2. The van der Waals surface area contributed by atoms with E-state index in [2.05, 4.69) is 5.32 Å². The first kappa shape index (κ1) is 22.0. The summed E-state index contributed by atoms with van der Waals surface area (Å²) in [4.78, 5) is 14.1. The fourth-order valence-corrected chi connectivity index (χ4v) is 4.96. The van der Waals surface area contributed by atoms with E-state index in [4.69, 9.17) is 23.2 Å². The maximum atomic E-state index is 13.9. The van der Waals surface area contributed by atoms with Crippen LogP contribution in [-0.2, 0) is 14.8 Å². The third-order valence-corrected chi connectivity index (χ3v) is 7.62. The molecule has 2 aromatic carbocycles. The molecule has 10 heteroatoms. The fourth-order valence-electron chi connectivity index (χ4n) is 3.13. The van der Waals surface area contributed by atoms with Crippen LogP contribution in [0.4, 0.5) is 10.1 Å². The van der Waals surface area contributed by atoms with E-state index in [1.165, 1.54) is 22.5 Å². The number of piperazine rings is 1. The Balaban J connectivity index is 1.63. The lowest BCUT2D eigenvalue weighted by Gasteiger charge is -2.36. The number of halogens is 3. The van der Waals surface area contributed by atoms with Crippen LogP contribution in [0.1, 0.15) is 6.92 Å². The van der Waals surface area contributed by atoms with E-state index in [9.17, 15) is 17.6 Å². The van der Waals surface area contributed by atoms with Crippen molar-refractivity contribution in [2.75, 3.05) is 31.5 Å². The van der Waals surface area contributed by atoms with Gasteiger partial charge in [0.15, 0.2) is 0 Å². The van der Waals surface area contributed by atoms with Crippen LogP contribution in [0, 0.1) is 5.82 Å². The van der Waals surface area contributed by atoms with Crippen molar-refractivity contribution in [3.8, 4) is 0 Å². The Morgan fingerprint density at radius 2 is 1.72 bits per heavy atom. The molecule has 1 aliphatic heterocycles. The maximum Gasteiger partial charge on any atom is 0.246 e. The molecule has 156 valence electrons. The average molecular weight is 460 g/mol. The van der Waals surface area contributed by atoms with Crippen LogP contribution in [0.15, 0.2) is 47.4 Å². The first-order chi connectivity index (χ1) is 13.7. The Labute approximate surface area is 179 Å². The summed E-state index contributed by atoms with van der Waals surface area (Å²) in [6, 6.07) is 9.75. The molecule has 1 atom stereocenters. The van der Waals surface area contributed by atoms with Gasteiger partial charge >= 0.3 is 0 Å².